The molecule has 0 aliphatic carbocycles. The number of anilines is 1. The monoisotopic (exact) mass is 340 g/mol. The van der Waals surface area contributed by atoms with E-state index >= 15 is 0 Å². The average molecular weight is 341 g/mol. The highest BCUT2D eigenvalue weighted by Gasteiger charge is 2.16. The van der Waals surface area contributed by atoms with Crippen LogP contribution in [0.4, 0.5) is 11.6 Å². The van der Waals surface area contributed by atoms with Gasteiger partial charge in [-0.1, -0.05) is 54.1 Å². The van der Waals surface area contributed by atoms with Gasteiger partial charge in [0.05, 0.1) is 11.0 Å². The van der Waals surface area contributed by atoms with Gasteiger partial charge in [-0.3, -0.25) is 10.1 Å². The quantitative estimate of drug-likeness (QED) is 0.555. The lowest BCUT2D eigenvalue weighted by molar-refractivity contribution is -0.385. The number of aromatic nitrogens is 2. The normalized spacial score (nSPS) is 11.7. The van der Waals surface area contributed by atoms with Crippen LogP contribution in [0.25, 0.3) is 0 Å². The second kappa shape index (κ2) is 7.06. The minimum Gasteiger partial charge on any atom is -0.343 e. The van der Waals surface area contributed by atoms with Crippen molar-refractivity contribution < 1.29 is 4.92 Å². The Labute approximate surface area is 143 Å². The maximum atomic E-state index is 10.7. The number of halogens is 1. The molecule has 0 radical (unpaired) electrons. The van der Waals surface area contributed by atoms with Gasteiger partial charge >= 0.3 is 5.69 Å². The van der Waals surface area contributed by atoms with Gasteiger partial charge in [0.2, 0.25) is 5.95 Å². The summed E-state index contributed by atoms with van der Waals surface area (Å²) in [5.41, 5.74) is 1.85. The van der Waals surface area contributed by atoms with Crippen LogP contribution in [0.5, 0.6) is 0 Å². The molecule has 1 atom stereocenters. The maximum absolute atomic E-state index is 10.7. The van der Waals surface area contributed by atoms with Crippen LogP contribution in [-0.4, -0.2) is 14.9 Å². The molecule has 2 aromatic carbocycles. The van der Waals surface area contributed by atoms with E-state index in [0.717, 1.165) is 11.1 Å². The van der Waals surface area contributed by atoms with Crippen molar-refractivity contribution in [2.45, 2.75) is 6.04 Å². The molecule has 0 spiro atoms. The van der Waals surface area contributed by atoms with Crippen molar-refractivity contribution in [2.24, 2.45) is 0 Å². The van der Waals surface area contributed by atoms with Crippen molar-refractivity contribution in [3.63, 3.8) is 0 Å². The predicted molar refractivity (Wildman–Crippen MR) is 92.0 cm³/mol. The van der Waals surface area contributed by atoms with Crippen LogP contribution in [-0.2, 0) is 0 Å². The number of nitro groups is 1. The van der Waals surface area contributed by atoms with Crippen molar-refractivity contribution in [3.8, 4) is 0 Å². The Bertz CT molecular complexity index is 823. The lowest BCUT2D eigenvalue weighted by atomic mass is 9.99. The molecule has 24 heavy (non-hydrogen) atoms. The second-order valence-electron chi connectivity index (χ2n) is 5.06. The Morgan fingerprint density at radius 2 is 1.54 bits per heavy atom. The molecule has 120 valence electrons. The van der Waals surface area contributed by atoms with E-state index in [1.54, 1.807) is 0 Å². The summed E-state index contributed by atoms with van der Waals surface area (Å²) in [6.07, 6.45) is 2.36. The summed E-state index contributed by atoms with van der Waals surface area (Å²) >= 11 is 5.96. The standard InChI is InChI=1S/C17H13ClN4O2/c18-14-8-6-13(7-9-14)16(12-4-2-1-3-5-12)21-17-19-10-15(11-20-17)22(23)24/h1-11,16H,(H,19,20,21). The van der Waals surface area contributed by atoms with E-state index in [9.17, 15) is 10.1 Å². The summed E-state index contributed by atoms with van der Waals surface area (Å²) in [7, 11) is 0. The first kappa shape index (κ1) is 15.9. The van der Waals surface area contributed by atoms with Crippen LogP contribution < -0.4 is 5.32 Å². The minimum atomic E-state index is -0.530. The zero-order chi connectivity index (χ0) is 16.9. The topological polar surface area (TPSA) is 81.0 Å². The van der Waals surface area contributed by atoms with E-state index in [1.165, 1.54) is 12.4 Å². The Kier molecular flexibility index (Phi) is 4.67. The third-order valence-electron chi connectivity index (χ3n) is 3.46. The van der Waals surface area contributed by atoms with Gasteiger partial charge in [0.15, 0.2) is 0 Å². The van der Waals surface area contributed by atoms with Crippen LogP contribution in [0.1, 0.15) is 17.2 Å². The van der Waals surface area contributed by atoms with Crippen LogP contribution in [0, 0.1) is 10.1 Å². The first-order valence-electron chi connectivity index (χ1n) is 7.17. The Morgan fingerprint density at radius 1 is 0.958 bits per heavy atom. The summed E-state index contributed by atoms with van der Waals surface area (Å²) in [6.45, 7) is 0. The first-order valence-corrected chi connectivity index (χ1v) is 7.54. The van der Waals surface area contributed by atoms with Gasteiger partial charge in [-0.15, -0.1) is 0 Å². The van der Waals surface area contributed by atoms with Crippen molar-refractivity contribution in [1.29, 1.82) is 0 Å². The minimum absolute atomic E-state index is 0.150. The smallest absolute Gasteiger partial charge is 0.305 e. The lowest BCUT2D eigenvalue weighted by Crippen LogP contribution is -2.14. The summed E-state index contributed by atoms with van der Waals surface area (Å²) in [4.78, 5) is 18.2. The second-order valence-corrected chi connectivity index (χ2v) is 5.50. The fourth-order valence-electron chi connectivity index (χ4n) is 2.28. The van der Waals surface area contributed by atoms with E-state index in [4.69, 9.17) is 11.6 Å². The van der Waals surface area contributed by atoms with Gasteiger partial charge in [0, 0.05) is 5.02 Å². The van der Waals surface area contributed by atoms with Crippen molar-refractivity contribution in [1.82, 2.24) is 9.97 Å². The van der Waals surface area contributed by atoms with Crippen LogP contribution >= 0.6 is 11.6 Å². The molecule has 3 aromatic rings. The van der Waals surface area contributed by atoms with E-state index < -0.39 is 4.92 Å². The van der Waals surface area contributed by atoms with Gasteiger partial charge in [-0.25, -0.2) is 9.97 Å². The highest BCUT2D eigenvalue weighted by atomic mass is 35.5. The van der Waals surface area contributed by atoms with E-state index in [2.05, 4.69) is 15.3 Å². The molecule has 0 aliphatic heterocycles. The molecule has 7 heteroatoms. The van der Waals surface area contributed by atoms with Gasteiger partial charge in [0.1, 0.15) is 12.4 Å². The molecule has 0 saturated heterocycles. The van der Waals surface area contributed by atoms with Crippen molar-refractivity contribution in [2.75, 3.05) is 5.32 Å². The summed E-state index contributed by atoms with van der Waals surface area (Å²) in [5.74, 6) is 0.310. The van der Waals surface area contributed by atoms with Crippen molar-refractivity contribution >= 4 is 23.2 Å². The highest BCUT2D eigenvalue weighted by molar-refractivity contribution is 6.30. The predicted octanol–water partition coefficient (Wildman–Crippen LogP) is 4.24. The number of hydrogen-bond acceptors (Lipinski definition) is 5. The van der Waals surface area contributed by atoms with E-state index in [1.807, 2.05) is 54.6 Å². The first-order chi connectivity index (χ1) is 11.6. The van der Waals surface area contributed by atoms with Gasteiger partial charge in [-0.05, 0) is 23.3 Å². The van der Waals surface area contributed by atoms with Crippen LogP contribution in [0.3, 0.4) is 0 Å². The Morgan fingerprint density at radius 3 is 2.12 bits per heavy atom. The molecule has 0 saturated carbocycles. The number of benzene rings is 2. The summed E-state index contributed by atoms with van der Waals surface area (Å²) in [5, 5.41) is 14.6. The Hall–Kier alpha value is -2.99. The SMILES string of the molecule is O=[N+]([O-])c1cnc(NC(c2ccccc2)c2ccc(Cl)cc2)nc1. The Balaban J connectivity index is 1.93. The zero-order valence-corrected chi connectivity index (χ0v) is 13.2. The van der Waals surface area contributed by atoms with Gasteiger partial charge in [-0.2, -0.15) is 0 Å². The van der Waals surface area contributed by atoms with E-state index in [-0.39, 0.29) is 11.7 Å². The number of hydrogen-bond donors (Lipinski definition) is 1. The lowest BCUT2D eigenvalue weighted by Gasteiger charge is -2.19. The van der Waals surface area contributed by atoms with Crippen LogP contribution in [0.15, 0.2) is 67.0 Å². The molecule has 0 bridgehead atoms. The maximum Gasteiger partial charge on any atom is 0.305 e. The molecule has 1 unspecified atom stereocenters. The molecule has 0 amide bonds. The number of nitrogens with zero attached hydrogens (tertiary/aromatic N) is 3. The fraction of sp³-hybridized carbons (Fsp3) is 0.0588. The molecule has 0 fully saturated rings. The highest BCUT2D eigenvalue weighted by Crippen LogP contribution is 2.26. The molecule has 1 aromatic heterocycles. The molecular weight excluding hydrogens is 328 g/mol. The van der Waals surface area contributed by atoms with Gasteiger partial charge in [0.25, 0.3) is 0 Å². The summed E-state index contributed by atoms with van der Waals surface area (Å²) in [6, 6.07) is 17.0. The van der Waals surface area contributed by atoms with Gasteiger partial charge < -0.3 is 5.32 Å². The number of nitrogens with one attached hydrogen (secondary N) is 1. The van der Waals surface area contributed by atoms with E-state index in [0.29, 0.717) is 11.0 Å². The third-order valence-corrected chi connectivity index (χ3v) is 3.71. The van der Waals surface area contributed by atoms with Crippen molar-refractivity contribution in [3.05, 3.63) is 93.3 Å². The molecule has 6 nitrogen and oxygen atoms in total. The van der Waals surface area contributed by atoms with Crippen LogP contribution in [0.2, 0.25) is 5.02 Å². The molecule has 1 N–H and O–H groups in total. The average Bonchev–Trinajstić information content (AvgIpc) is 2.62. The summed E-state index contributed by atoms with van der Waals surface area (Å²) < 4.78 is 0. The molecule has 1 heterocycles. The molecule has 0 aliphatic rings. The molecular formula is C17H13ClN4O2. The fourth-order valence-corrected chi connectivity index (χ4v) is 2.40. The third kappa shape index (κ3) is 3.67. The largest absolute Gasteiger partial charge is 0.343 e. The number of rotatable bonds is 5. The molecule has 3 rings (SSSR count). The zero-order valence-electron chi connectivity index (χ0n) is 12.5.